The van der Waals surface area contributed by atoms with Crippen LogP contribution in [0.25, 0.3) is 0 Å². The number of halogens is 2. The first-order valence-corrected chi connectivity index (χ1v) is 6.86. The molecule has 23 heavy (non-hydrogen) atoms. The lowest BCUT2D eigenvalue weighted by Gasteiger charge is -2.16. The maximum absolute atomic E-state index is 12.3. The van der Waals surface area contributed by atoms with Crippen LogP contribution in [-0.2, 0) is 0 Å². The zero-order valence-electron chi connectivity index (χ0n) is 12.6. The van der Waals surface area contributed by atoms with E-state index in [0.29, 0.717) is 11.1 Å². The van der Waals surface area contributed by atoms with E-state index in [1.165, 1.54) is 25.4 Å². The molecule has 0 saturated heterocycles. The molecular formula is C16H16F2N2O3. The Bertz CT molecular complexity index is 680. The molecule has 1 unspecified atom stereocenters. The van der Waals surface area contributed by atoms with Gasteiger partial charge in [0.25, 0.3) is 5.91 Å². The fraction of sp³-hybridized carbons (Fsp3) is 0.250. The number of carbonyl (C=O) groups is 1. The number of rotatable bonds is 6. The normalized spacial score (nSPS) is 11.9. The molecule has 0 aliphatic carbocycles. The number of pyridine rings is 1. The van der Waals surface area contributed by atoms with Crippen molar-refractivity contribution >= 4 is 5.91 Å². The van der Waals surface area contributed by atoms with E-state index >= 15 is 0 Å². The van der Waals surface area contributed by atoms with Crippen LogP contribution in [0.5, 0.6) is 11.6 Å². The average Bonchev–Trinajstić information content (AvgIpc) is 2.54. The minimum atomic E-state index is -2.89. The fourth-order valence-corrected chi connectivity index (χ4v) is 2.04. The molecule has 1 heterocycles. The van der Waals surface area contributed by atoms with Gasteiger partial charge >= 0.3 is 6.61 Å². The minimum absolute atomic E-state index is 0.0394. The number of amides is 1. The first-order chi connectivity index (χ1) is 11.0. The molecule has 122 valence electrons. The third-order valence-electron chi connectivity index (χ3n) is 3.14. The molecule has 1 aromatic carbocycles. The van der Waals surface area contributed by atoms with Crippen molar-refractivity contribution in [2.24, 2.45) is 0 Å². The van der Waals surface area contributed by atoms with Crippen molar-refractivity contribution < 1.29 is 23.0 Å². The van der Waals surface area contributed by atoms with Gasteiger partial charge in [0.1, 0.15) is 11.3 Å². The van der Waals surface area contributed by atoms with Gasteiger partial charge in [0.15, 0.2) is 0 Å². The lowest BCUT2D eigenvalue weighted by molar-refractivity contribution is -0.0499. The molecule has 1 atom stereocenters. The van der Waals surface area contributed by atoms with E-state index < -0.39 is 12.7 Å². The Morgan fingerprint density at radius 2 is 2.04 bits per heavy atom. The molecule has 0 aliphatic rings. The van der Waals surface area contributed by atoms with Gasteiger partial charge in [0.05, 0.1) is 13.2 Å². The van der Waals surface area contributed by atoms with E-state index in [2.05, 4.69) is 15.0 Å². The second kappa shape index (κ2) is 7.53. The van der Waals surface area contributed by atoms with E-state index in [9.17, 15) is 13.6 Å². The van der Waals surface area contributed by atoms with Gasteiger partial charge in [0, 0.05) is 6.20 Å². The number of nitrogens with zero attached hydrogens (tertiary/aromatic N) is 1. The van der Waals surface area contributed by atoms with E-state index in [1.54, 1.807) is 31.2 Å². The number of aromatic nitrogens is 1. The third kappa shape index (κ3) is 4.38. The molecule has 0 radical (unpaired) electrons. The quantitative estimate of drug-likeness (QED) is 0.887. The monoisotopic (exact) mass is 322 g/mol. The average molecular weight is 322 g/mol. The molecule has 2 aromatic rings. The number of alkyl halides is 2. The smallest absolute Gasteiger partial charge is 0.387 e. The maximum atomic E-state index is 12.3. The summed E-state index contributed by atoms with van der Waals surface area (Å²) in [5, 5.41) is 2.77. The van der Waals surface area contributed by atoms with E-state index in [-0.39, 0.29) is 17.5 Å². The first kappa shape index (κ1) is 16.7. The number of ether oxygens (including phenoxy) is 2. The van der Waals surface area contributed by atoms with Gasteiger partial charge in [-0.25, -0.2) is 4.98 Å². The van der Waals surface area contributed by atoms with Crippen LogP contribution < -0.4 is 14.8 Å². The summed E-state index contributed by atoms with van der Waals surface area (Å²) in [6.07, 6.45) is 1.52. The summed E-state index contributed by atoms with van der Waals surface area (Å²) < 4.78 is 33.9. The molecular weight excluding hydrogens is 306 g/mol. The van der Waals surface area contributed by atoms with E-state index in [1.807, 2.05) is 0 Å². The number of carbonyl (C=O) groups excluding carboxylic acids is 1. The zero-order valence-corrected chi connectivity index (χ0v) is 12.6. The number of benzene rings is 1. The van der Waals surface area contributed by atoms with Crippen LogP contribution in [0.3, 0.4) is 0 Å². The Morgan fingerprint density at radius 1 is 1.26 bits per heavy atom. The Labute approximate surface area is 132 Å². The van der Waals surface area contributed by atoms with Crippen LogP contribution in [0.1, 0.15) is 28.9 Å². The van der Waals surface area contributed by atoms with Crippen molar-refractivity contribution in [3.05, 3.63) is 53.7 Å². The van der Waals surface area contributed by atoms with Gasteiger partial charge < -0.3 is 14.8 Å². The third-order valence-corrected chi connectivity index (χ3v) is 3.14. The summed E-state index contributed by atoms with van der Waals surface area (Å²) in [7, 11) is 1.42. The van der Waals surface area contributed by atoms with Gasteiger partial charge in [-0.3, -0.25) is 4.79 Å². The lowest BCUT2D eigenvalue weighted by atomic mass is 10.1. The number of hydrogen-bond donors (Lipinski definition) is 1. The Morgan fingerprint density at radius 3 is 2.74 bits per heavy atom. The molecule has 0 spiro atoms. The highest BCUT2D eigenvalue weighted by molar-refractivity contribution is 5.96. The van der Waals surface area contributed by atoms with Crippen molar-refractivity contribution in [2.75, 3.05) is 7.11 Å². The van der Waals surface area contributed by atoms with Crippen molar-refractivity contribution in [3.8, 4) is 11.6 Å². The van der Waals surface area contributed by atoms with Crippen LogP contribution in [0.2, 0.25) is 0 Å². The van der Waals surface area contributed by atoms with Gasteiger partial charge in [-0.2, -0.15) is 8.78 Å². The van der Waals surface area contributed by atoms with Crippen LogP contribution in [0.15, 0.2) is 42.6 Å². The van der Waals surface area contributed by atoms with Gasteiger partial charge in [-0.05, 0) is 36.8 Å². The summed E-state index contributed by atoms with van der Waals surface area (Å²) in [6, 6.07) is 8.98. The van der Waals surface area contributed by atoms with Crippen molar-refractivity contribution in [1.29, 1.82) is 0 Å². The first-order valence-electron chi connectivity index (χ1n) is 6.86. The summed E-state index contributed by atoms with van der Waals surface area (Å²) in [5.74, 6) is -0.118. The summed E-state index contributed by atoms with van der Waals surface area (Å²) in [6.45, 7) is -1.16. The van der Waals surface area contributed by atoms with Crippen molar-refractivity contribution in [3.63, 3.8) is 0 Å². The molecule has 1 N–H and O–H groups in total. The Hall–Kier alpha value is -2.70. The fourth-order valence-electron chi connectivity index (χ4n) is 2.04. The highest BCUT2D eigenvalue weighted by Crippen LogP contribution is 2.22. The van der Waals surface area contributed by atoms with Crippen molar-refractivity contribution in [2.45, 2.75) is 19.6 Å². The molecule has 0 fully saturated rings. The number of hydrogen-bond acceptors (Lipinski definition) is 4. The predicted octanol–water partition coefficient (Wildman–Crippen LogP) is 3.18. The summed E-state index contributed by atoms with van der Waals surface area (Å²) in [4.78, 5) is 16.2. The van der Waals surface area contributed by atoms with Crippen LogP contribution in [-0.4, -0.2) is 24.6 Å². The van der Waals surface area contributed by atoms with Gasteiger partial charge in [-0.15, -0.1) is 0 Å². The van der Waals surface area contributed by atoms with Gasteiger partial charge in [-0.1, -0.05) is 12.1 Å². The molecule has 0 bridgehead atoms. The largest absolute Gasteiger partial charge is 0.480 e. The molecule has 0 saturated carbocycles. The summed E-state index contributed by atoms with van der Waals surface area (Å²) in [5.41, 5.74) is 0.932. The highest BCUT2D eigenvalue weighted by atomic mass is 19.3. The van der Waals surface area contributed by atoms with Crippen LogP contribution in [0.4, 0.5) is 8.78 Å². The van der Waals surface area contributed by atoms with Gasteiger partial charge in [0.2, 0.25) is 5.88 Å². The SMILES string of the molecule is COc1ncccc1C(=O)NC(C)c1cccc(OC(F)F)c1. The molecule has 2 rings (SSSR count). The maximum Gasteiger partial charge on any atom is 0.387 e. The lowest BCUT2D eigenvalue weighted by Crippen LogP contribution is -2.27. The highest BCUT2D eigenvalue weighted by Gasteiger charge is 2.16. The summed E-state index contributed by atoms with van der Waals surface area (Å²) >= 11 is 0. The Balaban J connectivity index is 2.12. The predicted molar refractivity (Wildman–Crippen MR) is 79.7 cm³/mol. The minimum Gasteiger partial charge on any atom is -0.480 e. The zero-order chi connectivity index (χ0) is 16.8. The second-order valence-corrected chi connectivity index (χ2v) is 4.71. The Kier molecular flexibility index (Phi) is 5.46. The van der Waals surface area contributed by atoms with Crippen LogP contribution >= 0.6 is 0 Å². The van der Waals surface area contributed by atoms with Crippen LogP contribution in [0, 0.1) is 0 Å². The molecule has 1 aromatic heterocycles. The van der Waals surface area contributed by atoms with E-state index in [4.69, 9.17) is 4.74 Å². The molecule has 7 heteroatoms. The number of nitrogens with one attached hydrogen (secondary N) is 1. The standard InChI is InChI=1S/C16H16F2N2O3/c1-10(11-5-3-6-12(9-11)23-16(17)18)20-14(21)13-7-4-8-19-15(13)22-2/h3-10,16H,1-2H3,(H,20,21). The second-order valence-electron chi connectivity index (χ2n) is 4.71. The number of methoxy groups -OCH3 is 1. The molecule has 0 aliphatic heterocycles. The molecule has 1 amide bonds. The van der Waals surface area contributed by atoms with E-state index in [0.717, 1.165) is 0 Å². The van der Waals surface area contributed by atoms with Crippen molar-refractivity contribution in [1.82, 2.24) is 10.3 Å². The molecule has 5 nitrogen and oxygen atoms in total. The topological polar surface area (TPSA) is 60.5 Å².